The Labute approximate surface area is 102 Å². The van der Waals surface area contributed by atoms with Crippen molar-refractivity contribution in [3.05, 3.63) is 54.2 Å². The SMILES string of the molecule is O=S(=O)(Nc1ncccc1F)c1cccc(F)c1. The van der Waals surface area contributed by atoms with Gasteiger partial charge >= 0.3 is 0 Å². The van der Waals surface area contributed by atoms with Crippen molar-refractivity contribution in [1.29, 1.82) is 0 Å². The van der Waals surface area contributed by atoms with Gasteiger partial charge in [0.15, 0.2) is 11.6 Å². The normalized spacial score (nSPS) is 11.2. The molecule has 18 heavy (non-hydrogen) atoms. The maximum absolute atomic E-state index is 13.3. The molecular weight excluding hydrogens is 262 g/mol. The highest BCUT2D eigenvalue weighted by Crippen LogP contribution is 2.17. The largest absolute Gasteiger partial charge is 0.263 e. The van der Waals surface area contributed by atoms with Crippen molar-refractivity contribution in [2.24, 2.45) is 0 Å². The smallest absolute Gasteiger partial charge is 0.261 e. The molecule has 1 heterocycles. The Balaban J connectivity index is 2.37. The van der Waals surface area contributed by atoms with E-state index < -0.39 is 27.5 Å². The third kappa shape index (κ3) is 2.62. The number of hydrogen-bond donors (Lipinski definition) is 1. The van der Waals surface area contributed by atoms with Crippen LogP contribution in [0.25, 0.3) is 0 Å². The number of hydrogen-bond acceptors (Lipinski definition) is 3. The van der Waals surface area contributed by atoms with Crippen LogP contribution in [-0.2, 0) is 10.0 Å². The first-order valence-corrected chi connectivity index (χ1v) is 6.36. The van der Waals surface area contributed by atoms with E-state index in [1.807, 2.05) is 4.72 Å². The molecule has 0 amide bonds. The molecule has 0 aliphatic rings. The lowest BCUT2D eigenvalue weighted by Crippen LogP contribution is -2.15. The quantitative estimate of drug-likeness (QED) is 0.929. The van der Waals surface area contributed by atoms with E-state index in [1.165, 1.54) is 24.4 Å². The second-order valence-electron chi connectivity index (χ2n) is 3.40. The molecule has 7 heteroatoms. The van der Waals surface area contributed by atoms with Crippen LogP contribution < -0.4 is 4.72 Å². The summed E-state index contributed by atoms with van der Waals surface area (Å²) in [7, 11) is -4.05. The molecule has 2 aromatic rings. The topological polar surface area (TPSA) is 59.1 Å². The molecule has 94 valence electrons. The lowest BCUT2D eigenvalue weighted by molar-refractivity contribution is 0.592. The predicted octanol–water partition coefficient (Wildman–Crippen LogP) is 2.16. The van der Waals surface area contributed by atoms with Gasteiger partial charge in [0, 0.05) is 6.20 Å². The van der Waals surface area contributed by atoms with E-state index in [0.29, 0.717) is 0 Å². The van der Waals surface area contributed by atoms with Crippen LogP contribution in [0, 0.1) is 11.6 Å². The van der Waals surface area contributed by atoms with Gasteiger partial charge in [-0.3, -0.25) is 4.72 Å². The van der Waals surface area contributed by atoms with E-state index in [4.69, 9.17) is 0 Å². The Morgan fingerprint density at radius 2 is 1.89 bits per heavy atom. The molecule has 0 saturated heterocycles. The van der Waals surface area contributed by atoms with Gasteiger partial charge < -0.3 is 0 Å². The molecule has 0 saturated carbocycles. The molecule has 1 N–H and O–H groups in total. The first-order valence-electron chi connectivity index (χ1n) is 4.88. The zero-order chi connectivity index (χ0) is 13.2. The van der Waals surface area contributed by atoms with Crippen molar-refractivity contribution in [3.8, 4) is 0 Å². The molecule has 0 radical (unpaired) electrons. The summed E-state index contributed by atoms with van der Waals surface area (Å²) < 4.78 is 51.8. The molecule has 0 atom stereocenters. The van der Waals surface area contributed by atoms with E-state index in [0.717, 1.165) is 18.2 Å². The molecule has 1 aromatic carbocycles. The Hall–Kier alpha value is -2.02. The van der Waals surface area contributed by atoms with E-state index >= 15 is 0 Å². The van der Waals surface area contributed by atoms with Gasteiger partial charge in [-0.05, 0) is 30.3 Å². The van der Waals surface area contributed by atoms with E-state index in [1.54, 1.807) is 0 Å². The first-order chi connectivity index (χ1) is 8.49. The van der Waals surface area contributed by atoms with E-state index in [2.05, 4.69) is 4.98 Å². The second-order valence-corrected chi connectivity index (χ2v) is 5.08. The monoisotopic (exact) mass is 270 g/mol. The lowest BCUT2D eigenvalue weighted by atomic mass is 10.4. The number of pyridine rings is 1. The van der Waals surface area contributed by atoms with Gasteiger partial charge in [0.1, 0.15) is 5.82 Å². The Morgan fingerprint density at radius 1 is 1.11 bits per heavy atom. The number of benzene rings is 1. The first kappa shape index (κ1) is 12.4. The van der Waals surface area contributed by atoms with Crippen molar-refractivity contribution in [3.63, 3.8) is 0 Å². The highest BCUT2D eigenvalue weighted by Gasteiger charge is 2.17. The summed E-state index contributed by atoms with van der Waals surface area (Å²) in [5.41, 5.74) is 0. The van der Waals surface area contributed by atoms with Crippen LogP contribution in [0.3, 0.4) is 0 Å². The summed E-state index contributed by atoms with van der Waals surface area (Å²) in [6.07, 6.45) is 1.24. The Morgan fingerprint density at radius 3 is 2.56 bits per heavy atom. The summed E-state index contributed by atoms with van der Waals surface area (Å²) in [4.78, 5) is 3.25. The van der Waals surface area contributed by atoms with Gasteiger partial charge in [-0.15, -0.1) is 0 Å². The highest BCUT2D eigenvalue weighted by atomic mass is 32.2. The van der Waals surface area contributed by atoms with Crippen LogP contribution in [-0.4, -0.2) is 13.4 Å². The van der Waals surface area contributed by atoms with Crippen molar-refractivity contribution < 1.29 is 17.2 Å². The molecule has 0 fully saturated rings. The maximum atomic E-state index is 13.3. The molecule has 2 rings (SSSR count). The Bertz CT molecular complexity index is 674. The summed E-state index contributed by atoms with van der Waals surface area (Å²) in [6.45, 7) is 0. The number of halogens is 2. The Kier molecular flexibility index (Phi) is 3.24. The van der Waals surface area contributed by atoms with Crippen LogP contribution in [0.4, 0.5) is 14.6 Å². The molecule has 4 nitrogen and oxygen atoms in total. The van der Waals surface area contributed by atoms with Gasteiger partial charge in [-0.25, -0.2) is 22.2 Å². The fraction of sp³-hybridized carbons (Fsp3) is 0. The molecule has 0 bridgehead atoms. The highest BCUT2D eigenvalue weighted by molar-refractivity contribution is 7.92. The third-order valence-electron chi connectivity index (χ3n) is 2.10. The van der Waals surface area contributed by atoms with Crippen molar-refractivity contribution in [1.82, 2.24) is 4.98 Å². The number of sulfonamides is 1. The van der Waals surface area contributed by atoms with Gasteiger partial charge in [-0.1, -0.05) is 6.07 Å². The average Bonchev–Trinajstić information content (AvgIpc) is 2.32. The van der Waals surface area contributed by atoms with Gasteiger partial charge in [0.25, 0.3) is 10.0 Å². The van der Waals surface area contributed by atoms with Crippen LogP contribution >= 0.6 is 0 Å². The second kappa shape index (κ2) is 4.69. The number of rotatable bonds is 3. The number of aromatic nitrogens is 1. The minimum atomic E-state index is -4.05. The average molecular weight is 270 g/mol. The van der Waals surface area contributed by atoms with Crippen molar-refractivity contribution in [2.75, 3.05) is 4.72 Å². The zero-order valence-corrected chi connectivity index (χ0v) is 9.79. The standard InChI is InChI=1S/C11H8F2N2O2S/c12-8-3-1-4-9(7-8)18(16,17)15-11-10(13)5-2-6-14-11/h1-7H,(H,14,15). The summed E-state index contributed by atoms with van der Waals surface area (Å²) in [5, 5.41) is 0. The molecule has 0 unspecified atom stereocenters. The third-order valence-corrected chi connectivity index (χ3v) is 3.43. The molecule has 0 aliphatic carbocycles. The van der Waals surface area contributed by atoms with Crippen LogP contribution in [0.2, 0.25) is 0 Å². The zero-order valence-electron chi connectivity index (χ0n) is 8.97. The van der Waals surface area contributed by atoms with E-state index in [9.17, 15) is 17.2 Å². The fourth-order valence-electron chi connectivity index (χ4n) is 1.28. The molecule has 0 aliphatic heterocycles. The van der Waals surface area contributed by atoms with Gasteiger partial charge in [0.05, 0.1) is 4.90 Å². The number of nitrogens with zero attached hydrogens (tertiary/aromatic N) is 1. The van der Waals surface area contributed by atoms with Crippen molar-refractivity contribution >= 4 is 15.8 Å². The number of anilines is 1. The minimum Gasteiger partial charge on any atom is -0.261 e. The molecule has 0 spiro atoms. The molecular formula is C11H8F2N2O2S. The van der Waals surface area contributed by atoms with Crippen LogP contribution in [0.5, 0.6) is 0 Å². The summed E-state index contributed by atoms with van der Waals surface area (Å²) >= 11 is 0. The predicted molar refractivity (Wildman–Crippen MR) is 61.4 cm³/mol. The van der Waals surface area contributed by atoms with Crippen molar-refractivity contribution in [2.45, 2.75) is 4.90 Å². The number of nitrogens with one attached hydrogen (secondary N) is 1. The van der Waals surface area contributed by atoms with Gasteiger partial charge in [0.2, 0.25) is 0 Å². The lowest BCUT2D eigenvalue weighted by Gasteiger charge is -2.07. The maximum Gasteiger partial charge on any atom is 0.263 e. The summed E-state index contributed by atoms with van der Waals surface area (Å²) in [6, 6.07) is 6.79. The van der Waals surface area contributed by atoms with Crippen LogP contribution in [0.1, 0.15) is 0 Å². The van der Waals surface area contributed by atoms with Crippen LogP contribution in [0.15, 0.2) is 47.5 Å². The van der Waals surface area contributed by atoms with Gasteiger partial charge in [-0.2, -0.15) is 0 Å². The van der Waals surface area contributed by atoms with E-state index in [-0.39, 0.29) is 4.90 Å². The fourth-order valence-corrected chi connectivity index (χ4v) is 2.33. The molecule has 1 aromatic heterocycles. The summed E-state index contributed by atoms with van der Waals surface area (Å²) in [5.74, 6) is -1.93. The minimum absolute atomic E-state index is 0.299.